The van der Waals surface area contributed by atoms with E-state index in [0.717, 1.165) is 36.3 Å². The van der Waals surface area contributed by atoms with E-state index in [0.29, 0.717) is 11.7 Å². The fourth-order valence-corrected chi connectivity index (χ4v) is 2.45. The van der Waals surface area contributed by atoms with Crippen LogP contribution in [0.4, 0.5) is 5.82 Å². The molecule has 6 heteroatoms. The average molecular weight is 269 g/mol. The van der Waals surface area contributed by atoms with Gasteiger partial charge in [-0.3, -0.25) is 4.79 Å². The molecule has 1 aromatic heterocycles. The Morgan fingerprint density at radius 3 is 2.78 bits per heavy atom. The van der Waals surface area contributed by atoms with Crippen molar-refractivity contribution in [2.24, 2.45) is 11.7 Å². The van der Waals surface area contributed by atoms with Gasteiger partial charge in [0.2, 0.25) is 5.91 Å². The summed E-state index contributed by atoms with van der Waals surface area (Å²) in [6, 6.07) is 0. The predicted molar refractivity (Wildman–Crippen MR) is 70.6 cm³/mol. The van der Waals surface area contributed by atoms with Crippen LogP contribution in [-0.2, 0) is 4.79 Å². The summed E-state index contributed by atoms with van der Waals surface area (Å²) in [4.78, 5) is 13.3. The van der Waals surface area contributed by atoms with E-state index in [9.17, 15) is 4.79 Å². The minimum atomic E-state index is -0.240. The van der Waals surface area contributed by atoms with Crippen molar-refractivity contribution in [2.45, 2.75) is 26.7 Å². The lowest BCUT2D eigenvalue weighted by atomic mass is 9.97. The van der Waals surface area contributed by atoms with E-state index in [1.54, 1.807) is 0 Å². The van der Waals surface area contributed by atoms with Gasteiger partial charge in [-0.2, -0.15) is 0 Å². The molecule has 2 N–H and O–H groups in total. The molecule has 1 atom stereocenters. The zero-order valence-corrected chi connectivity index (χ0v) is 11.4. The number of piperidine rings is 1. The Morgan fingerprint density at radius 1 is 1.39 bits per heavy atom. The minimum Gasteiger partial charge on any atom is -0.369 e. The van der Waals surface area contributed by atoms with Gasteiger partial charge in [0, 0.05) is 13.1 Å². The largest absolute Gasteiger partial charge is 0.369 e. The number of hydrogen-bond acceptors (Lipinski definition) is 4. The van der Waals surface area contributed by atoms with Crippen molar-refractivity contribution < 1.29 is 4.79 Å². The number of nitrogens with two attached hydrogens (primary N) is 1. The van der Waals surface area contributed by atoms with Crippen molar-refractivity contribution in [1.82, 2.24) is 10.2 Å². The summed E-state index contributed by atoms with van der Waals surface area (Å²) >= 11 is 5.94. The zero-order valence-electron chi connectivity index (χ0n) is 10.6. The topological polar surface area (TPSA) is 72.1 Å². The zero-order chi connectivity index (χ0) is 13.3. The second-order valence-corrected chi connectivity index (χ2v) is 5.11. The lowest BCUT2D eigenvalue weighted by molar-refractivity contribution is -0.122. The Labute approximate surface area is 111 Å². The minimum absolute atomic E-state index is 0.101. The number of hydrogen-bond donors (Lipinski definition) is 1. The van der Waals surface area contributed by atoms with E-state index in [2.05, 4.69) is 15.1 Å². The molecular formula is C12H17ClN4O. The van der Waals surface area contributed by atoms with E-state index >= 15 is 0 Å². The summed E-state index contributed by atoms with van der Waals surface area (Å²) in [7, 11) is 0. The Hall–Kier alpha value is -1.36. The first-order valence-corrected chi connectivity index (χ1v) is 6.42. The molecule has 0 aliphatic carbocycles. The van der Waals surface area contributed by atoms with Crippen LogP contribution >= 0.6 is 11.6 Å². The highest BCUT2D eigenvalue weighted by Gasteiger charge is 2.26. The smallest absolute Gasteiger partial charge is 0.222 e. The standard InChI is InChI=1S/C12H17ClN4O/c1-7-8(2)12(16-15-10(7)13)17-5-3-4-9(6-17)11(14)18/h9H,3-6H2,1-2H3,(H2,14,18). The van der Waals surface area contributed by atoms with Crippen molar-refractivity contribution in [2.75, 3.05) is 18.0 Å². The quantitative estimate of drug-likeness (QED) is 0.881. The molecule has 1 unspecified atom stereocenters. The molecule has 1 amide bonds. The van der Waals surface area contributed by atoms with Gasteiger partial charge >= 0.3 is 0 Å². The van der Waals surface area contributed by atoms with E-state index in [4.69, 9.17) is 17.3 Å². The molecular weight excluding hydrogens is 252 g/mol. The van der Waals surface area contributed by atoms with Crippen LogP contribution in [0.25, 0.3) is 0 Å². The fourth-order valence-electron chi connectivity index (χ4n) is 2.27. The van der Waals surface area contributed by atoms with Gasteiger partial charge in [0.05, 0.1) is 5.92 Å². The Balaban J connectivity index is 2.26. The maximum Gasteiger partial charge on any atom is 0.222 e. The second kappa shape index (κ2) is 5.10. The molecule has 18 heavy (non-hydrogen) atoms. The SMILES string of the molecule is Cc1c(Cl)nnc(N2CCCC(C(N)=O)C2)c1C. The molecule has 2 rings (SSSR count). The molecule has 0 radical (unpaired) electrons. The molecule has 1 aliphatic rings. The third kappa shape index (κ3) is 2.41. The lowest BCUT2D eigenvalue weighted by Gasteiger charge is -2.32. The van der Waals surface area contributed by atoms with Crippen molar-refractivity contribution in [3.8, 4) is 0 Å². The highest BCUT2D eigenvalue weighted by Crippen LogP contribution is 2.27. The molecule has 0 spiro atoms. The number of halogens is 1. The highest BCUT2D eigenvalue weighted by molar-refractivity contribution is 6.30. The number of anilines is 1. The molecule has 1 aromatic rings. The predicted octanol–water partition coefficient (Wildman–Crippen LogP) is 1.45. The van der Waals surface area contributed by atoms with Gasteiger partial charge in [-0.25, -0.2) is 0 Å². The normalized spacial score (nSPS) is 19.9. The first-order valence-electron chi connectivity index (χ1n) is 6.04. The Morgan fingerprint density at radius 2 is 2.11 bits per heavy atom. The van der Waals surface area contributed by atoms with Crippen molar-refractivity contribution in [1.29, 1.82) is 0 Å². The summed E-state index contributed by atoms with van der Waals surface area (Å²) in [5.74, 6) is 0.467. The summed E-state index contributed by atoms with van der Waals surface area (Å²) in [6.45, 7) is 5.39. The van der Waals surface area contributed by atoms with E-state index in [-0.39, 0.29) is 11.8 Å². The second-order valence-electron chi connectivity index (χ2n) is 4.75. The number of carbonyl (C=O) groups is 1. The van der Waals surface area contributed by atoms with Gasteiger partial charge < -0.3 is 10.6 Å². The highest BCUT2D eigenvalue weighted by atomic mass is 35.5. The first-order chi connectivity index (χ1) is 8.50. The van der Waals surface area contributed by atoms with Crippen molar-refractivity contribution in [3.63, 3.8) is 0 Å². The average Bonchev–Trinajstić information content (AvgIpc) is 2.36. The molecule has 2 heterocycles. The number of primary amides is 1. The molecule has 1 fully saturated rings. The van der Waals surface area contributed by atoms with Crippen LogP contribution in [0.5, 0.6) is 0 Å². The van der Waals surface area contributed by atoms with Crippen LogP contribution < -0.4 is 10.6 Å². The van der Waals surface area contributed by atoms with Crippen LogP contribution in [0.1, 0.15) is 24.0 Å². The van der Waals surface area contributed by atoms with Crippen LogP contribution in [0, 0.1) is 19.8 Å². The van der Waals surface area contributed by atoms with E-state index in [1.807, 2.05) is 13.8 Å². The van der Waals surface area contributed by atoms with Gasteiger partial charge in [-0.1, -0.05) is 11.6 Å². The van der Waals surface area contributed by atoms with Crippen molar-refractivity contribution in [3.05, 3.63) is 16.3 Å². The third-order valence-electron chi connectivity index (χ3n) is 3.56. The molecule has 1 saturated heterocycles. The monoisotopic (exact) mass is 268 g/mol. The van der Waals surface area contributed by atoms with Crippen LogP contribution in [0.3, 0.4) is 0 Å². The molecule has 1 aliphatic heterocycles. The number of aromatic nitrogens is 2. The van der Waals surface area contributed by atoms with Crippen LogP contribution in [-0.4, -0.2) is 29.2 Å². The maximum absolute atomic E-state index is 11.3. The lowest BCUT2D eigenvalue weighted by Crippen LogP contribution is -2.42. The molecule has 98 valence electrons. The fraction of sp³-hybridized carbons (Fsp3) is 0.583. The van der Waals surface area contributed by atoms with Gasteiger partial charge in [-0.05, 0) is 37.8 Å². The third-order valence-corrected chi connectivity index (χ3v) is 3.92. The number of rotatable bonds is 2. The Bertz CT molecular complexity index is 477. The molecule has 5 nitrogen and oxygen atoms in total. The van der Waals surface area contributed by atoms with Gasteiger partial charge in [0.25, 0.3) is 0 Å². The van der Waals surface area contributed by atoms with E-state index in [1.165, 1.54) is 0 Å². The van der Waals surface area contributed by atoms with Gasteiger partial charge in [0.1, 0.15) is 0 Å². The van der Waals surface area contributed by atoms with Crippen LogP contribution in [0.2, 0.25) is 5.15 Å². The molecule has 0 saturated carbocycles. The summed E-state index contributed by atoms with van der Waals surface area (Å²) in [6.07, 6.45) is 1.79. The summed E-state index contributed by atoms with van der Waals surface area (Å²) in [5, 5.41) is 8.52. The molecule has 0 aromatic carbocycles. The summed E-state index contributed by atoms with van der Waals surface area (Å²) in [5.41, 5.74) is 7.32. The van der Waals surface area contributed by atoms with Gasteiger partial charge in [-0.15, -0.1) is 10.2 Å². The van der Waals surface area contributed by atoms with Crippen LogP contribution in [0.15, 0.2) is 0 Å². The number of amides is 1. The first kappa shape index (κ1) is 13.1. The van der Waals surface area contributed by atoms with Crippen molar-refractivity contribution >= 4 is 23.3 Å². The molecule has 0 bridgehead atoms. The summed E-state index contributed by atoms with van der Waals surface area (Å²) < 4.78 is 0. The maximum atomic E-state index is 11.3. The van der Waals surface area contributed by atoms with Gasteiger partial charge in [0.15, 0.2) is 11.0 Å². The van der Waals surface area contributed by atoms with E-state index < -0.39 is 0 Å². The Kier molecular flexibility index (Phi) is 3.71. The number of nitrogens with zero attached hydrogens (tertiary/aromatic N) is 3. The number of carbonyl (C=O) groups excluding carboxylic acids is 1.